The fraction of sp³-hybridized carbons (Fsp3) is 0.417. The van der Waals surface area contributed by atoms with Gasteiger partial charge in [0.15, 0.2) is 0 Å². The molecule has 1 aromatic rings. The molecule has 0 aliphatic carbocycles. The zero-order chi connectivity index (χ0) is 12.1. The molecule has 0 aromatic heterocycles. The maximum absolute atomic E-state index is 13.6. The molecule has 0 amide bonds. The van der Waals surface area contributed by atoms with E-state index >= 15 is 0 Å². The number of rotatable bonds is 5. The number of hydrogen-bond acceptors (Lipinski definition) is 2. The highest BCUT2D eigenvalue weighted by atomic mass is 32.1. The molecule has 0 bridgehead atoms. The molecule has 2 nitrogen and oxygen atoms in total. The maximum Gasteiger partial charge on any atom is 0.146 e. The van der Waals surface area contributed by atoms with Gasteiger partial charge in [-0.15, -0.1) is 0 Å². The Hall–Kier alpha value is -1.16. The van der Waals surface area contributed by atoms with Gasteiger partial charge in [-0.05, 0) is 30.5 Å². The van der Waals surface area contributed by atoms with Gasteiger partial charge in [-0.1, -0.05) is 26.1 Å². The van der Waals surface area contributed by atoms with Crippen LogP contribution in [0.3, 0.4) is 0 Å². The van der Waals surface area contributed by atoms with Gasteiger partial charge in [0.05, 0.1) is 5.69 Å². The third-order valence-electron chi connectivity index (χ3n) is 2.29. The molecule has 0 aliphatic rings. The Balaban J connectivity index is 2.64. The predicted molar refractivity (Wildman–Crippen MR) is 70.2 cm³/mol. The van der Waals surface area contributed by atoms with Crippen molar-refractivity contribution in [3.05, 3.63) is 29.6 Å². The van der Waals surface area contributed by atoms with Crippen molar-refractivity contribution in [3.63, 3.8) is 0 Å². The smallest absolute Gasteiger partial charge is 0.146 e. The van der Waals surface area contributed by atoms with Crippen LogP contribution in [0.4, 0.5) is 10.1 Å². The average molecular weight is 240 g/mol. The number of thiocarbonyl (C=S) groups is 1. The van der Waals surface area contributed by atoms with Crippen LogP contribution >= 0.6 is 12.2 Å². The molecule has 0 unspecified atom stereocenters. The van der Waals surface area contributed by atoms with Gasteiger partial charge in [-0.3, -0.25) is 0 Å². The van der Waals surface area contributed by atoms with Crippen LogP contribution in [0.1, 0.15) is 25.8 Å². The predicted octanol–water partition coefficient (Wildman–Crippen LogP) is 2.92. The first-order valence-electron chi connectivity index (χ1n) is 5.34. The molecule has 88 valence electrons. The van der Waals surface area contributed by atoms with Crippen molar-refractivity contribution in [3.8, 4) is 0 Å². The largest absolute Gasteiger partial charge is 0.389 e. The van der Waals surface area contributed by atoms with Gasteiger partial charge in [-0.25, -0.2) is 4.39 Å². The Bertz CT molecular complexity index is 377. The lowest BCUT2D eigenvalue weighted by Gasteiger charge is -2.10. The zero-order valence-electron chi connectivity index (χ0n) is 9.59. The molecular weight excluding hydrogens is 223 g/mol. The van der Waals surface area contributed by atoms with Crippen LogP contribution in [0.25, 0.3) is 0 Å². The second-order valence-corrected chi connectivity index (χ2v) is 4.61. The van der Waals surface area contributed by atoms with Crippen LogP contribution in [0.5, 0.6) is 0 Å². The number of halogens is 1. The van der Waals surface area contributed by atoms with Gasteiger partial charge in [-0.2, -0.15) is 0 Å². The van der Waals surface area contributed by atoms with Gasteiger partial charge >= 0.3 is 0 Å². The van der Waals surface area contributed by atoms with Crippen molar-refractivity contribution in [1.82, 2.24) is 0 Å². The monoisotopic (exact) mass is 240 g/mol. The summed E-state index contributed by atoms with van der Waals surface area (Å²) in [7, 11) is 0. The first kappa shape index (κ1) is 12.9. The summed E-state index contributed by atoms with van der Waals surface area (Å²) in [4.78, 5) is 0.215. The fourth-order valence-electron chi connectivity index (χ4n) is 1.31. The normalized spacial score (nSPS) is 10.5. The lowest BCUT2D eigenvalue weighted by atomic mass is 10.1. The summed E-state index contributed by atoms with van der Waals surface area (Å²) in [6.45, 7) is 5.03. The van der Waals surface area contributed by atoms with Gasteiger partial charge in [0.2, 0.25) is 0 Å². The minimum atomic E-state index is -0.311. The Kier molecular flexibility index (Phi) is 4.68. The second-order valence-electron chi connectivity index (χ2n) is 4.17. The Morgan fingerprint density at radius 1 is 1.50 bits per heavy atom. The fourth-order valence-corrected chi connectivity index (χ4v) is 1.43. The van der Waals surface area contributed by atoms with Crippen molar-refractivity contribution in [2.45, 2.75) is 20.3 Å². The molecule has 0 saturated heterocycles. The van der Waals surface area contributed by atoms with Crippen molar-refractivity contribution < 1.29 is 4.39 Å². The Morgan fingerprint density at radius 3 is 2.69 bits per heavy atom. The van der Waals surface area contributed by atoms with E-state index in [1.807, 2.05) is 0 Å². The Labute approximate surface area is 101 Å². The number of nitrogens with one attached hydrogen (secondary N) is 1. The molecule has 0 heterocycles. The first-order chi connectivity index (χ1) is 7.50. The molecule has 4 heteroatoms. The highest BCUT2D eigenvalue weighted by molar-refractivity contribution is 7.80. The van der Waals surface area contributed by atoms with Gasteiger partial charge in [0.1, 0.15) is 10.8 Å². The van der Waals surface area contributed by atoms with E-state index in [4.69, 9.17) is 18.0 Å². The lowest BCUT2D eigenvalue weighted by Crippen LogP contribution is -2.11. The van der Waals surface area contributed by atoms with E-state index in [9.17, 15) is 4.39 Å². The van der Waals surface area contributed by atoms with Gasteiger partial charge < -0.3 is 11.1 Å². The van der Waals surface area contributed by atoms with Crippen LogP contribution in [0, 0.1) is 11.7 Å². The quantitative estimate of drug-likeness (QED) is 0.777. The molecule has 0 spiro atoms. The highest BCUT2D eigenvalue weighted by Gasteiger charge is 2.04. The van der Waals surface area contributed by atoms with Crippen LogP contribution in [-0.4, -0.2) is 11.5 Å². The molecule has 0 saturated carbocycles. The molecule has 1 rings (SSSR count). The van der Waals surface area contributed by atoms with Gasteiger partial charge in [0.25, 0.3) is 0 Å². The van der Waals surface area contributed by atoms with Crippen LogP contribution in [-0.2, 0) is 0 Å². The highest BCUT2D eigenvalue weighted by Crippen LogP contribution is 2.16. The van der Waals surface area contributed by atoms with E-state index in [-0.39, 0.29) is 10.8 Å². The van der Waals surface area contributed by atoms with Crippen molar-refractivity contribution in [2.24, 2.45) is 11.7 Å². The van der Waals surface area contributed by atoms with Crippen LogP contribution in [0.15, 0.2) is 18.2 Å². The van der Waals surface area contributed by atoms with Crippen molar-refractivity contribution in [2.75, 3.05) is 11.9 Å². The van der Waals surface area contributed by atoms with E-state index in [0.29, 0.717) is 17.2 Å². The molecule has 0 atom stereocenters. The third kappa shape index (κ3) is 3.77. The topological polar surface area (TPSA) is 38.0 Å². The van der Waals surface area contributed by atoms with E-state index in [1.54, 1.807) is 12.1 Å². The third-order valence-corrected chi connectivity index (χ3v) is 2.53. The van der Waals surface area contributed by atoms with E-state index in [2.05, 4.69) is 19.2 Å². The number of nitrogens with two attached hydrogens (primary N) is 1. The van der Waals surface area contributed by atoms with E-state index < -0.39 is 0 Å². The van der Waals surface area contributed by atoms with Crippen molar-refractivity contribution >= 4 is 22.9 Å². The number of benzene rings is 1. The molecule has 3 N–H and O–H groups in total. The number of anilines is 1. The summed E-state index contributed by atoms with van der Waals surface area (Å²) in [5, 5.41) is 3.05. The van der Waals surface area contributed by atoms with Crippen LogP contribution < -0.4 is 11.1 Å². The summed E-state index contributed by atoms with van der Waals surface area (Å²) in [6, 6.07) is 4.76. The molecule has 0 aliphatic heterocycles. The summed E-state index contributed by atoms with van der Waals surface area (Å²) < 4.78 is 13.6. The molecule has 1 aromatic carbocycles. The summed E-state index contributed by atoms with van der Waals surface area (Å²) in [5.74, 6) is 0.292. The average Bonchev–Trinajstić information content (AvgIpc) is 2.19. The Morgan fingerprint density at radius 2 is 2.19 bits per heavy atom. The minimum Gasteiger partial charge on any atom is -0.389 e. The second kappa shape index (κ2) is 5.80. The summed E-state index contributed by atoms with van der Waals surface area (Å²) in [6.07, 6.45) is 1.01. The molecular formula is C12H17FN2S. The van der Waals surface area contributed by atoms with Gasteiger partial charge in [0, 0.05) is 12.1 Å². The molecule has 16 heavy (non-hydrogen) atoms. The minimum absolute atomic E-state index is 0.215. The van der Waals surface area contributed by atoms with Crippen molar-refractivity contribution in [1.29, 1.82) is 0 Å². The lowest BCUT2D eigenvalue weighted by molar-refractivity contribution is 0.600. The first-order valence-corrected chi connectivity index (χ1v) is 5.74. The standard InChI is InChI=1S/C12H17FN2S/c1-8(2)5-6-15-11-4-3-9(12(14)16)7-10(11)13/h3-4,7-8,15H,5-6H2,1-2H3,(H2,14,16). The number of hydrogen-bond donors (Lipinski definition) is 2. The molecule has 0 fully saturated rings. The SMILES string of the molecule is CC(C)CCNc1ccc(C(N)=S)cc1F. The maximum atomic E-state index is 13.6. The molecule has 0 radical (unpaired) electrons. The van der Waals surface area contributed by atoms with Crippen LogP contribution in [0.2, 0.25) is 0 Å². The summed E-state index contributed by atoms with van der Waals surface area (Å²) >= 11 is 4.78. The van der Waals surface area contributed by atoms with E-state index in [0.717, 1.165) is 13.0 Å². The zero-order valence-corrected chi connectivity index (χ0v) is 10.4. The van der Waals surface area contributed by atoms with E-state index in [1.165, 1.54) is 6.07 Å². The summed E-state index contributed by atoms with van der Waals surface area (Å²) in [5.41, 5.74) is 6.47.